The number of rotatable bonds is 3. The van der Waals surface area contributed by atoms with Gasteiger partial charge in [-0.25, -0.2) is 4.39 Å². The van der Waals surface area contributed by atoms with Crippen LogP contribution in [0.25, 0.3) is 0 Å². The Labute approximate surface area is 90.2 Å². The summed E-state index contributed by atoms with van der Waals surface area (Å²) in [5, 5.41) is 0.525. The van der Waals surface area contributed by atoms with Crippen molar-refractivity contribution in [3.05, 3.63) is 35.1 Å². The Morgan fingerprint density at radius 1 is 1.50 bits per heavy atom. The second-order valence-electron chi connectivity index (χ2n) is 2.80. The highest BCUT2D eigenvalue weighted by Gasteiger charge is 2.08. The molecule has 0 bridgehead atoms. The molecule has 1 aromatic rings. The molecule has 0 aliphatic carbocycles. The molecule has 4 heteroatoms. The van der Waals surface area contributed by atoms with Crippen LogP contribution in [0.4, 0.5) is 4.39 Å². The Kier molecular flexibility index (Phi) is 4.07. The topological polar surface area (TPSA) is 26.3 Å². The molecule has 0 amide bonds. The van der Waals surface area contributed by atoms with Gasteiger partial charge in [0.15, 0.2) is 0 Å². The van der Waals surface area contributed by atoms with Gasteiger partial charge in [-0.1, -0.05) is 22.0 Å². The molecule has 1 rings (SSSR count). The molecule has 0 aliphatic rings. The highest BCUT2D eigenvalue weighted by Crippen LogP contribution is 2.15. The smallest absolute Gasteiger partial charge is 0.309 e. The summed E-state index contributed by atoms with van der Waals surface area (Å²) >= 11 is 3.24. The first-order valence-electron chi connectivity index (χ1n) is 4.07. The molecule has 0 atom stereocenters. The molecule has 0 saturated heterocycles. The van der Waals surface area contributed by atoms with Crippen LogP contribution in [0.3, 0.4) is 0 Å². The number of ether oxygens (including phenoxy) is 1. The van der Waals surface area contributed by atoms with Gasteiger partial charge in [0.05, 0.1) is 13.5 Å². The molecule has 2 nitrogen and oxygen atoms in total. The Balaban J connectivity index is 2.90. The van der Waals surface area contributed by atoms with Crippen LogP contribution < -0.4 is 0 Å². The zero-order valence-electron chi connectivity index (χ0n) is 7.72. The largest absolute Gasteiger partial charge is 0.469 e. The van der Waals surface area contributed by atoms with Crippen molar-refractivity contribution in [2.24, 2.45) is 0 Å². The van der Waals surface area contributed by atoms with E-state index < -0.39 is 0 Å². The average molecular weight is 261 g/mol. The number of carbonyl (C=O) groups excluding carboxylic acids is 1. The molecule has 0 saturated carbocycles. The van der Waals surface area contributed by atoms with E-state index in [-0.39, 0.29) is 18.2 Å². The summed E-state index contributed by atoms with van der Waals surface area (Å²) in [6, 6.07) is 4.35. The van der Waals surface area contributed by atoms with Crippen LogP contribution in [-0.4, -0.2) is 13.1 Å². The Hall–Kier alpha value is -0.900. The van der Waals surface area contributed by atoms with E-state index in [1.165, 1.54) is 19.2 Å². The maximum atomic E-state index is 12.8. The van der Waals surface area contributed by atoms with Crippen LogP contribution in [-0.2, 0) is 21.3 Å². The van der Waals surface area contributed by atoms with Gasteiger partial charge in [0.25, 0.3) is 0 Å². The maximum Gasteiger partial charge on any atom is 0.309 e. The number of esters is 1. The second kappa shape index (κ2) is 5.10. The molecule has 0 unspecified atom stereocenters. The summed E-state index contributed by atoms with van der Waals surface area (Å²) in [6.07, 6.45) is 0.178. The molecule has 0 aromatic heterocycles. The predicted molar refractivity (Wildman–Crippen MR) is 54.8 cm³/mol. The van der Waals surface area contributed by atoms with Crippen molar-refractivity contribution in [1.82, 2.24) is 0 Å². The molecule has 0 radical (unpaired) electrons. The van der Waals surface area contributed by atoms with E-state index in [0.717, 1.165) is 11.1 Å². The number of benzene rings is 1. The normalized spacial score (nSPS) is 9.93. The number of carbonyl (C=O) groups is 1. The summed E-state index contributed by atoms with van der Waals surface area (Å²) in [5.41, 5.74) is 1.56. The fourth-order valence-corrected chi connectivity index (χ4v) is 1.64. The third-order valence-electron chi connectivity index (χ3n) is 1.87. The van der Waals surface area contributed by atoms with Gasteiger partial charge in [0, 0.05) is 5.33 Å². The molecule has 76 valence electrons. The highest BCUT2D eigenvalue weighted by atomic mass is 79.9. The van der Waals surface area contributed by atoms with Crippen molar-refractivity contribution >= 4 is 21.9 Å². The van der Waals surface area contributed by atoms with Crippen molar-refractivity contribution in [2.75, 3.05) is 7.11 Å². The van der Waals surface area contributed by atoms with E-state index in [1.807, 2.05) is 0 Å². The van der Waals surface area contributed by atoms with Crippen LogP contribution in [0.2, 0.25) is 0 Å². The summed E-state index contributed by atoms with van der Waals surface area (Å²) < 4.78 is 17.4. The Bertz CT molecular complexity index is 339. The Morgan fingerprint density at radius 2 is 2.21 bits per heavy atom. The lowest BCUT2D eigenvalue weighted by molar-refractivity contribution is -0.139. The number of alkyl halides is 1. The summed E-state index contributed by atoms with van der Waals surface area (Å²) in [5.74, 6) is -0.619. The van der Waals surface area contributed by atoms with Crippen LogP contribution >= 0.6 is 15.9 Å². The molecular weight excluding hydrogens is 251 g/mol. The minimum Gasteiger partial charge on any atom is -0.469 e. The third kappa shape index (κ3) is 2.80. The lowest BCUT2D eigenvalue weighted by Crippen LogP contribution is -2.06. The second-order valence-corrected chi connectivity index (χ2v) is 3.36. The number of halogens is 2. The van der Waals surface area contributed by atoms with Gasteiger partial charge in [-0.3, -0.25) is 4.79 Å². The van der Waals surface area contributed by atoms with Crippen molar-refractivity contribution < 1.29 is 13.9 Å². The van der Waals surface area contributed by atoms with E-state index in [9.17, 15) is 9.18 Å². The molecule has 0 N–H and O–H groups in total. The van der Waals surface area contributed by atoms with Gasteiger partial charge < -0.3 is 4.74 Å². The molecule has 0 spiro atoms. The quantitative estimate of drug-likeness (QED) is 0.617. The summed E-state index contributed by atoms with van der Waals surface area (Å²) in [6.45, 7) is 0. The molecule has 0 fully saturated rings. The summed E-state index contributed by atoms with van der Waals surface area (Å²) in [4.78, 5) is 11.0. The average Bonchev–Trinajstić information content (AvgIpc) is 2.20. The van der Waals surface area contributed by atoms with Crippen molar-refractivity contribution in [2.45, 2.75) is 11.8 Å². The zero-order chi connectivity index (χ0) is 10.6. The van der Waals surface area contributed by atoms with Crippen LogP contribution in [0, 0.1) is 5.82 Å². The SMILES string of the molecule is COC(=O)Cc1ccc(F)cc1CBr. The van der Waals surface area contributed by atoms with Gasteiger partial charge in [0.1, 0.15) is 5.82 Å². The molecule has 0 aliphatic heterocycles. The van der Waals surface area contributed by atoms with Gasteiger partial charge in [-0.15, -0.1) is 0 Å². The Morgan fingerprint density at radius 3 is 2.79 bits per heavy atom. The first-order valence-corrected chi connectivity index (χ1v) is 5.19. The van der Waals surface area contributed by atoms with Crippen molar-refractivity contribution in [3.8, 4) is 0 Å². The fraction of sp³-hybridized carbons (Fsp3) is 0.300. The maximum absolute atomic E-state index is 12.8. The molecule has 14 heavy (non-hydrogen) atoms. The highest BCUT2D eigenvalue weighted by molar-refractivity contribution is 9.08. The van der Waals surface area contributed by atoms with Crippen LogP contribution in [0.15, 0.2) is 18.2 Å². The lowest BCUT2D eigenvalue weighted by atomic mass is 10.1. The minimum absolute atomic E-state index is 0.178. The van der Waals surface area contributed by atoms with Crippen LogP contribution in [0.5, 0.6) is 0 Å². The summed E-state index contributed by atoms with van der Waals surface area (Å²) in [7, 11) is 1.33. The molecule has 1 aromatic carbocycles. The van der Waals surface area contributed by atoms with E-state index in [2.05, 4.69) is 20.7 Å². The van der Waals surface area contributed by atoms with E-state index in [1.54, 1.807) is 6.07 Å². The number of hydrogen-bond acceptors (Lipinski definition) is 2. The third-order valence-corrected chi connectivity index (χ3v) is 2.48. The number of hydrogen-bond donors (Lipinski definition) is 0. The van der Waals surface area contributed by atoms with Crippen molar-refractivity contribution in [3.63, 3.8) is 0 Å². The number of methoxy groups -OCH3 is 1. The molecule has 0 heterocycles. The van der Waals surface area contributed by atoms with Gasteiger partial charge in [-0.05, 0) is 23.3 Å². The fourth-order valence-electron chi connectivity index (χ4n) is 1.12. The zero-order valence-corrected chi connectivity index (χ0v) is 9.30. The first-order chi connectivity index (χ1) is 6.67. The van der Waals surface area contributed by atoms with E-state index in [4.69, 9.17) is 0 Å². The molecular formula is C10H10BrFO2. The van der Waals surface area contributed by atoms with Gasteiger partial charge >= 0.3 is 5.97 Å². The monoisotopic (exact) mass is 260 g/mol. The van der Waals surface area contributed by atoms with E-state index in [0.29, 0.717) is 5.33 Å². The predicted octanol–water partition coefficient (Wildman–Crippen LogP) is 2.44. The standard InChI is InChI=1S/C10H10BrFO2/c1-14-10(13)5-7-2-3-9(12)4-8(7)6-11/h2-4H,5-6H2,1H3. The minimum atomic E-state index is -0.321. The van der Waals surface area contributed by atoms with E-state index >= 15 is 0 Å². The van der Waals surface area contributed by atoms with Gasteiger partial charge in [0.2, 0.25) is 0 Å². The lowest BCUT2D eigenvalue weighted by Gasteiger charge is -2.05. The van der Waals surface area contributed by atoms with Gasteiger partial charge in [-0.2, -0.15) is 0 Å². The van der Waals surface area contributed by atoms with Crippen LogP contribution in [0.1, 0.15) is 11.1 Å². The van der Waals surface area contributed by atoms with Crippen molar-refractivity contribution in [1.29, 1.82) is 0 Å². The first kappa shape index (κ1) is 11.2.